The summed E-state index contributed by atoms with van der Waals surface area (Å²) in [5.74, 6) is 0.948. The smallest absolute Gasteiger partial charge is 0.243 e. The molecule has 1 N–H and O–H groups in total. The standard InChI is InChI=1S/C23H28N2O2/c1-3-20(23(26)24-16-9-5-4-6-10-16)25-21-12-8-7-11-18(21)19-14-13-17(27-2)15-22(19)25/h7-8,11-16,20H,3-6,9-10H2,1-2H3,(H,24,26). The Kier molecular flexibility index (Phi) is 5.06. The summed E-state index contributed by atoms with van der Waals surface area (Å²) in [5, 5.41) is 5.67. The maximum Gasteiger partial charge on any atom is 0.243 e. The summed E-state index contributed by atoms with van der Waals surface area (Å²) in [7, 11) is 1.68. The van der Waals surface area contributed by atoms with E-state index in [4.69, 9.17) is 4.74 Å². The van der Waals surface area contributed by atoms with Gasteiger partial charge >= 0.3 is 0 Å². The minimum absolute atomic E-state index is 0.134. The van der Waals surface area contributed by atoms with Crippen LogP contribution in [0.2, 0.25) is 0 Å². The number of carbonyl (C=O) groups is 1. The van der Waals surface area contributed by atoms with Gasteiger partial charge in [-0.25, -0.2) is 0 Å². The first-order chi connectivity index (χ1) is 13.2. The summed E-state index contributed by atoms with van der Waals surface area (Å²) >= 11 is 0. The monoisotopic (exact) mass is 364 g/mol. The lowest BCUT2D eigenvalue weighted by Crippen LogP contribution is -2.40. The molecule has 142 valence electrons. The summed E-state index contributed by atoms with van der Waals surface area (Å²) in [4.78, 5) is 13.2. The molecule has 1 aliphatic rings. The van der Waals surface area contributed by atoms with E-state index in [2.05, 4.69) is 41.1 Å². The van der Waals surface area contributed by atoms with E-state index in [1.54, 1.807) is 7.11 Å². The molecule has 1 amide bonds. The highest BCUT2D eigenvalue weighted by Gasteiger charge is 2.26. The number of nitrogens with zero attached hydrogens (tertiary/aromatic N) is 1. The van der Waals surface area contributed by atoms with Crippen LogP contribution in [0.1, 0.15) is 51.5 Å². The van der Waals surface area contributed by atoms with Gasteiger partial charge in [0.2, 0.25) is 5.91 Å². The molecule has 0 saturated heterocycles. The maximum atomic E-state index is 13.2. The number of amides is 1. The van der Waals surface area contributed by atoms with E-state index in [0.717, 1.165) is 41.4 Å². The Morgan fingerprint density at radius 3 is 2.59 bits per heavy atom. The van der Waals surface area contributed by atoms with Gasteiger partial charge in [0.1, 0.15) is 11.8 Å². The van der Waals surface area contributed by atoms with Crippen molar-refractivity contribution in [1.82, 2.24) is 9.88 Å². The van der Waals surface area contributed by atoms with Crippen LogP contribution in [-0.4, -0.2) is 23.6 Å². The molecule has 4 nitrogen and oxygen atoms in total. The number of para-hydroxylation sites is 1. The molecule has 1 atom stereocenters. The number of hydrogen-bond donors (Lipinski definition) is 1. The Morgan fingerprint density at radius 1 is 1.11 bits per heavy atom. The summed E-state index contributed by atoms with van der Waals surface area (Å²) in [6, 6.07) is 14.6. The average molecular weight is 364 g/mol. The zero-order chi connectivity index (χ0) is 18.8. The van der Waals surface area contributed by atoms with Gasteiger partial charge in [0.15, 0.2) is 0 Å². The van der Waals surface area contributed by atoms with Crippen LogP contribution in [0.5, 0.6) is 5.75 Å². The molecule has 4 heteroatoms. The first-order valence-electron chi connectivity index (χ1n) is 10.1. The first-order valence-corrected chi connectivity index (χ1v) is 10.1. The van der Waals surface area contributed by atoms with Crippen molar-refractivity contribution in [2.24, 2.45) is 0 Å². The van der Waals surface area contributed by atoms with Crippen LogP contribution >= 0.6 is 0 Å². The van der Waals surface area contributed by atoms with Gasteiger partial charge < -0.3 is 14.6 Å². The van der Waals surface area contributed by atoms with E-state index in [1.165, 1.54) is 24.6 Å². The van der Waals surface area contributed by atoms with Gasteiger partial charge in [-0.2, -0.15) is 0 Å². The molecular formula is C23H28N2O2. The van der Waals surface area contributed by atoms with Crippen molar-refractivity contribution in [3.63, 3.8) is 0 Å². The molecule has 3 aromatic rings. The van der Waals surface area contributed by atoms with Crippen LogP contribution in [0, 0.1) is 0 Å². The fourth-order valence-corrected chi connectivity index (χ4v) is 4.47. The van der Waals surface area contributed by atoms with E-state index >= 15 is 0 Å². The molecule has 0 bridgehead atoms. The Labute approximate surface area is 160 Å². The zero-order valence-corrected chi connectivity index (χ0v) is 16.2. The number of carbonyl (C=O) groups excluding carboxylic acids is 1. The number of benzene rings is 2. The predicted octanol–water partition coefficient (Wildman–Crippen LogP) is 5.20. The third-order valence-corrected chi connectivity index (χ3v) is 5.87. The lowest BCUT2D eigenvalue weighted by atomic mass is 9.95. The van der Waals surface area contributed by atoms with Crippen LogP contribution in [0.4, 0.5) is 0 Å². The van der Waals surface area contributed by atoms with Gasteiger partial charge in [0.05, 0.1) is 12.6 Å². The summed E-state index contributed by atoms with van der Waals surface area (Å²) < 4.78 is 7.65. The molecule has 0 radical (unpaired) electrons. The second-order valence-corrected chi connectivity index (χ2v) is 7.54. The maximum absolute atomic E-state index is 13.2. The lowest BCUT2D eigenvalue weighted by Gasteiger charge is -2.26. The molecule has 1 saturated carbocycles. The number of hydrogen-bond acceptors (Lipinski definition) is 2. The number of nitrogens with one attached hydrogen (secondary N) is 1. The Balaban J connectivity index is 1.79. The van der Waals surface area contributed by atoms with Crippen molar-refractivity contribution in [2.75, 3.05) is 7.11 Å². The molecule has 1 heterocycles. The minimum Gasteiger partial charge on any atom is -0.497 e. The first kappa shape index (κ1) is 17.9. The fraction of sp³-hybridized carbons (Fsp3) is 0.435. The fourth-order valence-electron chi connectivity index (χ4n) is 4.47. The van der Waals surface area contributed by atoms with Crippen LogP contribution in [-0.2, 0) is 4.79 Å². The van der Waals surface area contributed by atoms with E-state index in [0.29, 0.717) is 6.04 Å². The normalized spacial score (nSPS) is 16.5. The summed E-state index contributed by atoms with van der Waals surface area (Å²) in [6.07, 6.45) is 6.68. The zero-order valence-electron chi connectivity index (χ0n) is 16.2. The topological polar surface area (TPSA) is 43.3 Å². The van der Waals surface area contributed by atoms with Gasteiger partial charge in [-0.05, 0) is 37.5 Å². The van der Waals surface area contributed by atoms with Crippen LogP contribution in [0.3, 0.4) is 0 Å². The van der Waals surface area contributed by atoms with E-state index in [-0.39, 0.29) is 11.9 Å². The molecule has 4 rings (SSSR count). The predicted molar refractivity (Wildman–Crippen MR) is 110 cm³/mol. The average Bonchev–Trinajstić information content (AvgIpc) is 3.03. The van der Waals surface area contributed by atoms with Gasteiger partial charge in [0, 0.05) is 28.4 Å². The summed E-state index contributed by atoms with van der Waals surface area (Å²) in [5.41, 5.74) is 2.16. The minimum atomic E-state index is -0.221. The quantitative estimate of drug-likeness (QED) is 0.676. The van der Waals surface area contributed by atoms with Crippen molar-refractivity contribution in [3.05, 3.63) is 42.5 Å². The second kappa shape index (κ2) is 7.63. The van der Waals surface area contributed by atoms with Crippen molar-refractivity contribution in [1.29, 1.82) is 0 Å². The molecule has 1 aromatic heterocycles. The SMILES string of the molecule is CCC(C(=O)NC1CCCCC1)n1c2ccccc2c2ccc(OC)cc21. The van der Waals surface area contributed by atoms with Crippen LogP contribution in [0.15, 0.2) is 42.5 Å². The Hall–Kier alpha value is -2.49. The van der Waals surface area contributed by atoms with E-state index in [9.17, 15) is 4.79 Å². The molecule has 1 unspecified atom stereocenters. The molecule has 2 aromatic carbocycles. The van der Waals surface area contributed by atoms with Crippen molar-refractivity contribution >= 4 is 27.7 Å². The van der Waals surface area contributed by atoms with Gasteiger partial charge in [-0.1, -0.05) is 44.4 Å². The highest BCUT2D eigenvalue weighted by atomic mass is 16.5. The van der Waals surface area contributed by atoms with E-state index < -0.39 is 0 Å². The van der Waals surface area contributed by atoms with Crippen molar-refractivity contribution in [2.45, 2.75) is 57.5 Å². The van der Waals surface area contributed by atoms with Crippen LogP contribution < -0.4 is 10.1 Å². The van der Waals surface area contributed by atoms with E-state index in [1.807, 2.05) is 18.2 Å². The summed E-state index contributed by atoms with van der Waals surface area (Å²) in [6.45, 7) is 2.09. The van der Waals surface area contributed by atoms with Crippen LogP contribution in [0.25, 0.3) is 21.8 Å². The number of aromatic nitrogens is 1. The largest absolute Gasteiger partial charge is 0.497 e. The highest BCUT2D eigenvalue weighted by Crippen LogP contribution is 2.35. The van der Waals surface area contributed by atoms with Gasteiger partial charge in [0.25, 0.3) is 0 Å². The van der Waals surface area contributed by atoms with Crippen molar-refractivity contribution in [3.8, 4) is 5.75 Å². The molecule has 0 spiro atoms. The molecule has 27 heavy (non-hydrogen) atoms. The number of methoxy groups -OCH3 is 1. The number of ether oxygens (including phenoxy) is 1. The number of rotatable bonds is 5. The third-order valence-electron chi connectivity index (χ3n) is 5.87. The van der Waals surface area contributed by atoms with Gasteiger partial charge in [-0.15, -0.1) is 0 Å². The number of fused-ring (bicyclic) bond motifs is 3. The van der Waals surface area contributed by atoms with Crippen molar-refractivity contribution < 1.29 is 9.53 Å². The molecule has 0 aliphatic heterocycles. The lowest BCUT2D eigenvalue weighted by molar-refractivity contribution is -0.125. The Morgan fingerprint density at radius 2 is 1.85 bits per heavy atom. The molecule has 1 fully saturated rings. The highest BCUT2D eigenvalue weighted by molar-refractivity contribution is 6.09. The Bertz CT molecular complexity index is 954. The van der Waals surface area contributed by atoms with Gasteiger partial charge in [-0.3, -0.25) is 4.79 Å². The molecule has 1 aliphatic carbocycles. The molecular weight excluding hydrogens is 336 g/mol. The second-order valence-electron chi connectivity index (χ2n) is 7.54. The third kappa shape index (κ3) is 3.29.